The van der Waals surface area contributed by atoms with Crippen LogP contribution in [-0.4, -0.2) is 4.98 Å². The molecular weight excluding hydrogens is 248 g/mol. The molecule has 94 valence electrons. The van der Waals surface area contributed by atoms with Crippen LogP contribution in [0.25, 0.3) is 0 Å². The summed E-state index contributed by atoms with van der Waals surface area (Å²) in [4.78, 5) is 4.36. The highest BCUT2D eigenvalue weighted by Gasteiger charge is 2.00. The zero-order valence-corrected chi connectivity index (χ0v) is 10.7. The summed E-state index contributed by atoms with van der Waals surface area (Å²) >= 11 is 6.04. The molecule has 0 unspecified atom stereocenters. The van der Waals surface area contributed by atoms with Crippen LogP contribution in [0.1, 0.15) is 17.0 Å². The summed E-state index contributed by atoms with van der Waals surface area (Å²) in [5.74, 6) is 0. The lowest BCUT2D eigenvalue weighted by atomic mass is 10.2. The first-order valence-electron chi connectivity index (χ1n) is 5.75. The molecule has 2 N–H and O–H groups in total. The van der Waals surface area contributed by atoms with Crippen LogP contribution in [0, 0.1) is 0 Å². The van der Waals surface area contributed by atoms with Gasteiger partial charge in [-0.05, 0) is 23.8 Å². The molecule has 0 atom stereocenters. The molecule has 3 nitrogen and oxygen atoms in total. The quantitative estimate of drug-likeness (QED) is 0.901. The molecule has 0 saturated heterocycles. The van der Waals surface area contributed by atoms with Gasteiger partial charge in [0.05, 0.1) is 24.6 Å². The Balaban J connectivity index is 1.90. The number of nitrogens with zero attached hydrogens (tertiary/aromatic N) is 1. The fourth-order valence-electron chi connectivity index (χ4n) is 1.60. The molecule has 0 spiro atoms. The summed E-state index contributed by atoms with van der Waals surface area (Å²) in [6, 6.07) is 13.4. The molecule has 2 rings (SSSR count). The van der Waals surface area contributed by atoms with Crippen LogP contribution in [0.15, 0.2) is 42.5 Å². The Kier molecular flexibility index (Phi) is 4.70. The molecule has 0 aliphatic carbocycles. The molecule has 0 bridgehead atoms. The Labute approximate surface area is 112 Å². The van der Waals surface area contributed by atoms with Crippen LogP contribution in [0.2, 0.25) is 5.02 Å². The Morgan fingerprint density at radius 1 is 1.00 bits per heavy atom. The molecule has 4 heteroatoms. The summed E-state index contributed by atoms with van der Waals surface area (Å²) in [6.45, 7) is 1.38. The summed E-state index contributed by atoms with van der Waals surface area (Å²) in [6.07, 6.45) is 0. The third-order valence-corrected chi connectivity index (χ3v) is 2.91. The molecule has 1 aromatic carbocycles. The van der Waals surface area contributed by atoms with Crippen molar-refractivity contribution >= 4 is 11.6 Å². The van der Waals surface area contributed by atoms with Gasteiger partial charge in [0.15, 0.2) is 0 Å². The Hall–Kier alpha value is -1.42. The molecule has 0 aliphatic rings. The van der Waals surface area contributed by atoms with Crippen molar-refractivity contribution in [3.63, 3.8) is 0 Å². The van der Waals surface area contributed by atoms with E-state index in [1.807, 2.05) is 42.5 Å². The standard InChI is InChI=1S/C14H15ClN2O/c15-14-7-2-1-4-11(14)9-18-10-13-6-3-5-12(8-16)17-13/h1-7H,8-10,16H2. The molecule has 1 aromatic heterocycles. The topological polar surface area (TPSA) is 48.1 Å². The Bertz CT molecular complexity index is 517. The minimum absolute atomic E-state index is 0.443. The fourth-order valence-corrected chi connectivity index (χ4v) is 1.79. The molecule has 2 aromatic rings. The van der Waals surface area contributed by atoms with Crippen molar-refractivity contribution in [2.45, 2.75) is 19.8 Å². The highest BCUT2D eigenvalue weighted by Crippen LogP contribution is 2.16. The third kappa shape index (κ3) is 3.53. The second-order valence-corrected chi connectivity index (χ2v) is 4.32. The van der Waals surface area contributed by atoms with Gasteiger partial charge in [-0.25, -0.2) is 0 Å². The molecule has 0 saturated carbocycles. The van der Waals surface area contributed by atoms with E-state index in [0.717, 1.165) is 22.0 Å². The summed E-state index contributed by atoms with van der Waals surface area (Å²) in [5, 5.41) is 0.723. The average molecular weight is 263 g/mol. The lowest BCUT2D eigenvalue weighted by Crippen LogP contribution is -2.03. The second kappa shape index (κ2) is 6.50. The minimum Gasteiger partial charge on any atom is -0.370 e. The van der Waals surface area contributed by atoms with Gasteiger partial charge >= 0.3 is 0 Å². The number of halogens is 1. The molecule has 0 aliphatic heterocycles. The Morgan fingerprint density at radius 2 is 1.78 bits per heavy atom. The van der Waals surface area contributed by atoms with Gasteiger partial charge in [-0.1, -0.05) is 35.9 Å². The van der Waals surface area contributed by atoms with E-state index in [1.165, 1.54) is 0 Å². The Morgan fingerprint density at radius 3 is 2.56 bits per heavy atom. The third-order valence-electron chi connectivity index (χ3n) is 2.54. The number of hydrogen-bond donors (Lipinski definition) is 1. The van der Waals surface area contributed by atoms with Crippen molar-refractivity contribution in [1.29, 1.82) is 0 Å². The summed E-state index contributed by atoms with van der Waals surface area (Å²) in [5.41, 5.74) is 8.27. The van der Waals surface area contributed by atoms with Gasteiger partial charge in [0.25, 0.3) is 0 Å². The van der Waals surface area contributed by atoms with Crippen molar-refractivity contribution in [2.24, 2.45) is 5.73 Å². The monoisotopic (exact) mass is 262 g/mol. The van der Waals surface area contributed by atoms with Crippen LogP contribution in [0.4, 0.5) is 0 Å². The molecule has 0 amide bonds. The van der Waals surface area contributed by atoms with Crippen molar-refractivity contribution < 1.29 is 4.74 Å². The first kappa shape index (κ1) is 13.0. The van der Waals surface area contributed by atoms with Crippen LogP contribution in [0.3, 0.4) is 0 Å². The van der Waals surface area contributed by atoms with Crippen molar-refractivity contribution in [3.05, 3.63) is 64.4 Å². The number of aromatic nitrogens is 1. The molecule has 0 radical (unpaired) electrons. The molecule has 18 heavy (non-hydrogen) atoms. The van der Waals surface area contributed by atoms with E-state index in [-0.39, 0.29) is 0 Å². The maximum Gasteiger partial charge on any atom is 0.0892 e. The maximum atomic E-state index is 6.04. The fraction of sp³-hybridized carbons (Fsp3) is 0.214. The van der Waals surface area contributed by atoms with Gasteiger partial charge in [-0.2, -0.15) is 0 Å². The van der Waals surface area contributed by atoms with Crippen LogP contribution in [0.5, 0.6) is 0 Å². The lowest BCUT2D eigenvalue weighted by molar-refractivity contribution is 0.104. The first-order chi connectivity index (χ1) is 8.79. The predicted octanol–water partition coefficient (Wildman–Crippen LogP) is 2.91. The van der Waals surface area contributed by atoms with E-state index < -0.39 is 0 Å². The lowest BCUT2D eigenvalue weighted by Gasteiger charge is -2.06. The highest BCUT2D eigenvalue weighted by atomic mass is 35.5. The highest BCUT2D eigenvalue weighted by molar-refractivity contribution is 6.31. The predicted molar refractivity (Wildman–Crippen MR) is 72.1 cm³/mol. The van der Waals surface area contributed by atoms with E-state index in [0.29, 0.717) is 19.8 Å². The zero-order valence-electron chi connectivity index (χ0n) is 9.97. The second-order valence-electron chi connectivity index (χ2n) is 3.91. The van der Waals surface area contributed by atoms with E-state index in [4.69, 9.17) is 22.1 Å². The zero-order chi connectivity index (χ0) is 12.8. The van der Waals surface area contributed by atoms with E-state index in [9.17, 15) is 0 Å². The number of pyridine rings is 1. The molecular formula is C14H15ClN2O. The number of rotatable bonds is 5. The SMILES string of the molecule is NCc1cccc(COCc2ccccc2Cl)n1. The number of benzene rings is 1. The minimum atomic E-state index is 0.443. The maximum absolute atomic E-state index is 6.04. The van der Waals surface area contributed by atoms with E-state index in [2.05, 4.69) is 4.98 Å². The van der Waals surface area contributed by atoms with E-state index in [1.54, 1.807) is 0 Å². The molecule has 1 heterocycles. The largest absolute Gasteiger partial charge is 0.370 e. The first-order valence-corrected chi connectivity index (χ1v) is 6.13. The van der Waals surface area contributed by atoms with Crippen LogP contribution < -0.4 is 5.73 Å². The normalized spacial score (nSPS) is 10.6. The van der Waals surface area contributed by atoms with Crippen molar-refractivity contribution in [3.8, 4) is 0 Å². The molecule has 0 fully saturated rings. The van der Waals surface area contributed by atoms with Gasteiger partial charge in [0.2, 0.25) is 0 Å². The average Bonchev–Trinajstić information content (AvgIpc) is 2.41. The van der Waals surface area contributed by atoms with Gasteiger partial charge in [-0.15, -0.1) is 0 Å². The number of hydrogen-bond acceptors (Lipinski definition) is 3. The van der Waals surface area contributed by atoms with Crippen molar-refractivity contribution in [1.82, 2.24) is 4.98 Å². The summed E-state index contributed by atoms with van der Waals surface area (Å²) in [7, 11) is 0. The van der Waals surface area contributed by atoms with Gasteiger partial charge in [-0.3, -0.25) is 4.98 Å². The van der Waals surface area contributed by atoms with Crippen molar-refractivity contribution in [2.75, 3.05) is 0 Å². The van der Waals surface area contributed by atoms with E-state index >= 15 is 0 Å². The van der Waals surface area contributed by atoms with Gasteiger partial charge in [0, 0.05) is 11.6 Å². The summed E-state index contributed by atoms with van der Waals surface area (Å²) < 4.78 is 5.60. The van der Waals surface area contributed by atoms with Gasteiger partial charge in [0.1, 0.15) is 0 Å². The number of ether oxygens (including phenoxy) is 1. The van der Waals surface area contributed by atoms with Gasteiger partial charge < -0.3 is 10.5 Å². The number of nitrogens with two attached hydrogens (primary N) is 1. The van der Waals surface area contributed by atoms with Crippen LogP contribution in [-0.2, 0) is 24.5 Å². The van der Waals surface area contributed by atoms with Crippen LogP contribution >= 0.6 is 11.6 Å². The smallest absolute Gasteiger partial charge is 0.0892 e.